The van der Waals surface area contributed by atoms with E-state index < -0.39 is 23.8 Å². The fraction of sp³-hybridized carbons (Fsp3) is 0.571. The molecule has 114 valence electrons. The number of alkyl halides is 3. The van der Waals surface area contributed by atoms with Crippen LogP contribution in [-0.2, 0) is 11.0 Å². The van der Waals surface area contributed by atoms with Crippen LogP contribution >= 0.6 is 0 Å². The number of hydrogen-bond donors (Lipinski definition) is 2. The van der Waals surface area contributed by atoms with Crippen molar-refractivity contribution in [2.24, 2.45) is 17.8 Å². The molecule has 4 unspecified atom stereocenters. The van der Waals surface area contributed by atoms with Gasteiger partial charge < -0.3 is 10.4 Å². The van der Waals surface area contributed by atoms with Gasteiger partial charge in [-0.2, -0.15) is 13.2 Å². The van der Waals surface area contributed by atoms with E-state index in [2.05, 4.69) is 10.3 Å². The first-order valence-electron chi connectivity index (χ1n) is 6.90. The van der Waals surface area contributed by atoms with Crippen molar-refractivity contribution in [3.63, 3.8) is 0 Å². The van der Waals surface area contributed by atoms with Gasteiger partial charge in [-0.15, -0.1) is 0 Å². The average molecular weight is 300 g/mol. The third-order valence-electron chi connectivity index (χ3n) is 4.56. The molecule has 2 N–H and O–H groups in total. The molecule has 2 bridgehead atoms. The molecule has 0 radical (unpaired) electrons. The van der Waals surface area contributed by atoms with Crippen molar-refractivity contribution in [3.8, 4) is 0 Å². The number of anilines is 1. The van der Waals surface area contributed by atoms with Gasteiger partial charge in [0.1, 0.15) is 11.5 Å². The third-order valence-corrected chi connectivity index (χ3v) is 4.56. The lowest BCUT2D eigenvalue weighted by atomic mass is 9.84. The summed E-state index contributed by atoms with van der Waals surface area (Å²) in [6.07, 6.45) is -1.87. The van der Waals surface area contributed by atoms with Gasteiger partial charge in [-0.05, 0) is 43.2 Å². The van der Waals surface area contributed by atoms with Crippen LogP contribution in [0.4, 0.5) is 19.0 Å². The summed E-state index contributed by atoms with van der Waals surface area (Å²) in [5, 5.41) is 12.3. The van der Waals surface area contributed by atoms with E-state index in [0.29, 0.717) is 0 Å². The maximum absolute atomic E-state index is 12.7. The highest BCUT2D eigenvalue weighted by atomic mass is 19.4. The largest absolute Gasteiger partial charge is 0.481 e. The van der Waals surface area contributed by atoms with Crippen LogP contribution in [0.15, 0.2) is 18.2 Å². The maximum atomic E-state index is 12.7. The molecule has 0 aromatic carbocycles. The summed E-state index contributed by atoms with van der Waals surface area (Å²) in [5.74, 6) is -1.01. The predicted molar refractivity (Wildman–Crippen MR) is 68.6 cm³/mol. The highest BCUT2D eigenvalue weighted by Crippen LogP contribution is 2.49. The number of carboxylic acid groups (broad SMARTS) is 1. The van der Waals surface area contributed by atoms with Gasteiger partial charge in [0.2, 0.25) is 0 Å². The number of rotatable bonds is 3. The number of halogens is 3. The Balaban J connectivity index is 1.82. The summed E-state index contributed by atoms with van der Waals surface area (Å²) < 4.78 is 38.0. The minimum absolute atomic E-state index is 0.0913. The molecule has 0 amide bonds. The molecule has 3 rings (SSSR count). The van der Waals surface area contributed by atoms with Gasteiger partial charge in [0.15, 0.2) is 0 Å². The zero-order valence-corrected chi connectivity index (χ0v) is 11.1. The predicted octanol–water partition coefficient (Wildman–Crippen LogP) is 3.01. The van der Waals surface area contributed by atoms with E-state index in [1.807, 2.05) is 0 Å². The quantitative estimate of drug-likeness (QED) is 0.901. The Morgan fingerprint density at radius 3 is 2.67 bits per heavy atom. The van der Waals surface area contributed by atoms with Crippen LogP contribution < -0.4 is 5.32 Å². The number of pyridine rings is 1. The fourth-order valence-corrected chi connectivity index (χ4v) is 3.70. The molecule has 2 aliphatic carbocycles. The van der Waals surface area contributed by atoms with Crippen LogP contribution in [-0.4, -0.2) is 22.1 Å². The smallest absolute Gasteiger partial charge is 0.433 e. The van der Waals surface area contributed by atoms with E-state index in [4.69, 9.17) is 0 Å². The number of aromatic nitrogens is 1. The normalized spacial score (nSPS) is 31.4. The zero-order chi connectivity index (χ0) is 15.2. The molecule has 21 heavy (non-hydrogen) atoms. The van der Waals surface area contributed by atoms with E-state index in [0.717, 1.165) is 25.3 Å². The van der Waals surface area contributed by atoms with E-state index in [1.165, 1.54) is 12.1 Å². The first kappa shape index (κ1) is 14.2. The van der Waals surface area contributed by atoms with E-state index >= 15 is 0 Å². The third kappa shape index (κ3) is 2.56. The standard InChI is InChI=1S/C14H15F3N2O2/c15-14(16,17)9-2-1-3-10(18-9)19-12-8-5-4-7(6-8)11(12)13(20)21/h1-3,7-8,11-12H,4-6H2,(H,18,19)(H,20,21). The van der Waals surface area contributed by atoms with Crippen molar-refractivity contribution in [2.75, 3.05) is 5.32 Å². The lowest BCUT2D eigenvalue weighted by Gasteiger charge is -2.29. The Kier molecular flexibility index (Phi) is 3.30. The summed E-state index contributed by atoms with van der Waals surface area (Å²) in [6.45, 7) is 0. The number of carbonyl (C=O) groups is 1. The number of aliphatic carboxylic acids is 1. The number of nitrogens with one attached hydrogen (secondary N) is 1. The van der Waals surface area contributed by atoms with Crippen molar-refractivity contribution >= 4 is 11.8 Å². The first-order chi connectivity index (χ1) is 9.86. The van der Waals surface area contributed by atoms with Crippen molar-refractivity contribution in [3.05, 3.63) is 23.9 Å². The molecule has 0 spiro atoms. The molecule has 7 heteroatoms. The molecule has 1 aromatic rings. The van der Waals surface area contributed by atoms with Crippen molar-refractivity contribution in [1.29, 1.82) is 0 Å². The molecule has 2 fully saturated rings. The molecule has 4 nitrogen and oxygen atoms in total. The van der Waals surface area contributed by atoms with Gasteiger partial charge in [0.05, 0.1) is 5.92 Å². The molecule has 2 aliphatic rings. The second-order valence-corrected chi connectivity index (χ2v) is 5.77. The monoisotopic (exact) mass is 300 g/mol. The highest BCUT2D eigenvalue weighted by Gasteiger charge is 2.51. The Morgan fingerprint density at radius 2 is 2.00 bits per heavy atom. The fourth-order valence-electron chi connectivity index (χ4n) is 3.70. The summed E-state index contributed by atoms with van der Waals surface area (Å²) in [6, 6.07) is 3.29. The molecular formula is C14H15F3N2O2. The highest BCUT2D eigenvalue weighted by molar-refractivity contribution is 5.73. The van der Waals surface area contributed by atoms with Crippen molar-refractivity contribution < 1.29 is 23.1 Å². The molecule has 0 aliphatic heterocycles. The van der Waals surface area contributed by atoms with Crippen LogP contribution in [0.1, 0.15) is 25.0 Å². The summed E-state index contributed by atoms with van der Waals surface area (Å²) in [7, 11) is 0. The Hall–Kier alpha value is -1.79. The minimum Gasteiger partial charge on any atom is -0.481 e. The van der Waals surface area contributed by atoms with E-state index in [-0.39, 0.29) is 23.7 Å². The summed E-state index contributed by atoms with van der Waals surface area (Å²) in [4.78, 5) is 14.9. The SMILES string of the molecule is O=C(O)C1C2CCC(C2)C1Nc1cccc(C(F)(F)F)n1. The number of nitrogens with zero attached hydrogens (tertiary/aromatic N) is 1. The minimum atomic E-state index is -4.50. The molecular weight excluding hydrogens is 285 g/mol. The lowest BCUT2D eigenvalue weighted by molar-refractivity contribution is -0.144. The summed E-state index contributed by atoms with van der Waals surface area (Å²) >= 11 is 0. The van der Waals surface area contributed by atoms with Crippen LogP contribution in [0.3, 0.4) is 0 Å². The molecule has 2 saturated carbocycles. The van der Waals surface area contributed by atoms with Crippen LogP contribution in [0.25, 0.3) is 0 Å². The van der Waals surface area contributed by atoms with Gasteiger partial charge in [0, 0.05) is 6.04 Å². The van der Waals surface area contributed by atoms with E-state index in [1.54, 1.807) is 0 Å². The van der Waals surface area contributed by atoms with Crippen LogP contribution in [0.5, 0.6) is 0 Å². The van der Waals surface area contributed by atoms with Crippen LogP contribution in [0.2, 0.25) is 0 Å². The average Bonchev–Trinajstić information content (AvgIpc) is 2.98. The number of fused-ring (bicyclic) bond motifs is 2. The Labute approximate surface area is 119 Å². The molecule has 1 aromatic heterocycles. The van der Waals surface area contributed by atoms with Gasteiger partial charge >= 0.3 is 12.1 Å². The Bertz CT molecular complexity index is 561. The second-order valence-electron chi connectivity index (χ2n) is 5.77. The first-order valence-corrected chi connectivity index (χ1v) is 6.90. The summed E-state index contributed by atoms with van der Waals surface area (Å²) in [5.41, 5.74) is -0.970. The van der Waals surface area contributed by atoms with Crippen LogP contribution in [0, 0.1) is 17.8 Å². The molecule has 4 atom stereocenters. The van der Waals surface area contributed by atoms with Gasteiger partial charge in [-0.3, -0.25) is 4.79 Å². The van der Waals surface area contributed by atoms with Gasteiger partial charge in [-0.25, -0.2) is 4.98 Å². The lowest BCUT2D eigenvalue weighted by Crippen LogP contribution is -2.39. The van der Waals surface area contributed by atoms with Gasteiger partial charge in [-0.1, -0.05) is 6.07 Å². The van der Waals surface area contributed by atoms with E-state index in [9.17, 15) is 23.1 Å². The molecule has 1 heterocycles. The zero-order valence-electron chi connectivity index (χ0n) is 11.1. The molecule has 0 saturated heterocycles. The van der Waals surface area contributed by atoms with Crippen molar-refractivity contribution in [1.82, 2.24) is 4.98 Å². The number of carboxylic acids is 1. The number of hydrogen-bond acceptors (Lipinski definition) is 3. The topological polar surface area (TPSA) is 62.2 Å². The maximum Gasteiger partial charge on any atom is 0.433 e. The second kappa shape index (κ2) is 4.89. The van der Waals surface area contributed by atoms with Gasteiger partial charge in [0.25, 0.3) is 0 Å². The van der Waals surface area contributed by atoms with Crippen molar-refractivity contribution in [2.45, 2.75) is 31.5 Å². The Morgan fingerprint density at radius 1 is 1.29 bits per heavy atom.